The molecule has 0 aromatic carbocycles. The number of ether oxygens (including phenoxy) is 1. The van der Waals surface area contributed by atoms with Gasteiger partial charge in [-0.25, -0.2) is 4.98 Å². The Bertz CT molecular complexity index is 604. The van der Waals surface area contributed by atoms with Crippen molar-refractivity contribution in [2.45, 2.75) is 24.2 Å². The van der Waals surface area contributed by atoms with Gasteiger partial charge in [-0.15, -0.1) is 0 Å². The van der Waals surface area contributed by atoms with E-state index in [1.54, 1.807) is 11.8 Å². The van der Waals surface area contributed by atoms with Crippen LogP contribution in [0.25, 0.3) is 0 Å². The van der Waals surface area contributed by atoms with Gasteiger partial charge in [0, 0.05) is 19.3 Å². The first-order valence-corrected chi connectivity index (χ1v) is 8.58. The second kappa shape index (κ2) is 8.52. The summed E-state index contributed by atoms with van der Waals surface area (Å²) < 4.78 is 42.5. The summed E-state index contributed by atoms with van der Waals surface area (Å²) in [5, 5.41) is 2.88. The zero-order valence-corrected chi connectivity index (χ0v) is 14.3. The van der Waals surface area contributed by atoms with Crippen LogP contribution in [0.2, 0.25) is 0 Å². The molecule has 1 aliphatic heterocycles. The molecule has 6 nitrogen and oxygen atoms in total. The first-order valence-electron chi connectivity index (χ1n) is 7.59. The van der Waals surface area contributed by atoms with Gasteiger partial charge in [-0.1, -0.05) is 11.8 Å². The molecular formula is C15H18F3N3O3S. The fourth-order valence-electron chi connectivity index (χ4n) is 2.18. The Balaban J connectivity index is 1.78. The molecule has 2 amide bonds. The van der Waals surface area contributed by atoms with Gasteiger partial charge in [-0.3, -0.25) is 9.59 Å². The molecule has 2 rings (SSSR count). The Hall–Kier alpha value is -1.81. The van der Waals surface area contributed by atoms with Crippen LogP contribution < -0.4 is 5.32 Å². The van der Waals surface area contributed by atoms with E-state index in [9.17, 15) is 22.8 Å². The van der Waals surface area contributed by atoms with Crippen LogP contribution in [0.5, 0.6) is 0 Å². The van der Waals surface area contributed by atoms with Crippen molar-refractivity contribution in [1.29, 1.82) is 0 Å². The largest absolute Gasteiger partial charge is 0.417 e. The highest BCUT2D eigenvalue weighted by atomic mass is 32.2. The highest BCUT2D eigenvalue weighted by Gasteiger charge is 2.30. The molecule has 0 unspecified atom stereocenters. The fraction of sp³-hybridized carbons (Fsp3) is 0.533. The summed E-state index contributed by atoms with van der Waals surface area (Å²) in [4.78, 5) is 29.4. The molecule has 0 aliphatic carbocycles. The number of nitrogens with one attached hydrogen (secondary N) is 1. The number of halogens is 3. The van der Waals surface area contributed by atoms with E-state index in [1.165, 1.54) is 6.07 Å². The molecule has 2 heterocycles. The summed E-state index contributed by atoms with van der Waals surface area (Å²) in [6, 6.07) is 1.45. The van der Waals surface area contributed by atoms with Gasteiger partial charge in [0.2, 0.25) is 11.8 Å². The Morgan fingerprint density at radius 1 is 1.36 bits per heavy atom. The normalized spacial score (nSPS) is 16.4. The average Bonchev–Trinajstić information content (AvgIpc) is 2.59. The topological polar surface area (TPSA) is 71.5 Å². The van der Waals surface area contributed by atoms with E-state index in [-0.39, 0.29) is 17.6 Å². The summed E-state index contributed by atoms with van der Waals surface area (Å²) in [7, 11) is 0. The predicted molar refractivity (Wildman–Crippen MR) is 85.0 cm³/mol. The van der Waals surface area contributed by atoms with E-state index in [2.05, 4.69) is 10.3 Å². The minimum atomic E-state index is -4.44. The average molecular weight is 377 g/mol. The Morgan fingerprint density at radius 3 is 2.60 bits per heavy atom. The van der Waals surface area contributed by atoms with Crippen molar-refractivity contribution in [3.05, 3.63) is 23.9 Å². The number of alkyl halides is 3. The minimum Gasteiger partial charge on any atom is -0.378 e. The quantitative estimate of drug-likeness (QED) is 0.789. The number of morpholine rings is 1. The third-order valence-corrected chi connectivity index (χ3v) is 4.43. The van der Waals surface area contributed by atoms with E-state index in [0.717, 1.165) is 24.0 Å². The molecule has 0 saturated carbocycles. The Kier molecular flexibility index (Phi) is 6.65. The monoisotopic (exact) mass is 377 g/mol. The van der Waals surface area contributed by atoms with Crippen LogP contribution in [0.1, 0.15) is 12.5 Å². The SMILES string of the molecule is C[C@H](NC(=O)CSc1ccc(C(F)(F)F)cn1)C(=O)N1CCOCC1. The molecule has 10 heteroatoms. The van der Waals surface area contributed by atoms with Crippen molar-refractivity contribution in [1.82, 2.24) is 15.2 Å². The van der Waals surface area contributed by atoms with Crippen molar-refractivity contribution in [2.75, 3.05) is 32.1 Å². The molecule has 1 aromatic rings. The maximum atomic E-state index is 12.5. The van der Waals surface area contributed by atoms with Gasteiger partial charge in [0.05, 0.1) is 29.6 Å². The standard InChI is InChI=1S/C15H18F3N3O3S/c1-10(14(23)21-4-6-24-7-5-21)20-12(22)9-25-13-3-2-11(8-19-13)15(16,17)18/h2-3,8,10H,4-7,9H2,1H3,(H,20,22)/t10-/m0/s1. The van der Waals surface area contributed by atoms with Gasteiger partial charge in [0.1, 0.15) is 6.04 Å². The minimum absolute atomic E-state index is 0.0426. The van der Waals surface area contributed by atoms with Crippen LogP contribution in [-0.2, 0) is 20.5 Å². The summed E-state index contributed by atoms with van der Waals surface area (Å²) in [5.74, 6) is -0.617. The third kappa shape index (κ3) is 5.89. The van der Waals surface area contributed by atoms with Crippen LogP contribution in [0, 0.1) is 0 Å². The van der Waals surface area contributed by atoms with Gasteiger partial charge in [-0.2, -0.15) is 13.2 Å². The highest BCUT2D eigenvalue weighted by Crippen LogP contribution is 2.29. The molecule has 1 aliphatic rings. The first kappa shape index (κ1) is 19.5. The summed E-state index contributed by atoms with van der Waals surface area (Å²) in [6.45, 7) is 3.52. The number of carbonyl (C=O) groups is 2. The Morgan fingerprint density at radius 2 is 2.04 bits per heavy atom. The van der Waals surface area contributed by atoms with Crippen molar-refractivity contribution < 1.29 is 27.5 Å². The molecule has 1 N–H and O–H groups in total. The molecule has 1 saturated heterocycles. The van der Waals surface area contributed by atoms with Crippen molar-refractivity contribution in [3.8, 4) is 0 Å². The zero-order valence-electron chi connectivity index (χ0n) is 13.5. The molecule has 0 radical (unpaired) electrons. The van der Waals surface area contributed by atoms with Crippen molar-refractivity contribution in [3.63, 3.8) is 0 Å². The number of thioether (sulfide) groups is 1. The highest BCUT2D eigenvalue weighted by molar-refractivity contribution is 7.99. The lowest BCUT2D eigenvalue weighted by Crippen LogP contribution is -2.50. The van der Waals surface area contributed by atoms with Gasteiger partial charge in [0.25, 0.3) is 0 Å². The van der Waals surface area contributed by atoms with E-state index in [1.807, 2.05) is 0 Å². The number of nitrogens with zero attached hydrogens (tertiary/aromatic N) is 2. The van der Waals surface area contributed by atoms with E-state index < -0.39 is 17.8 Å². The van der Waals surface area contributed by atoms with Crippen LogP contribution in [-0.4, -0.2) is 59.8 Å². The third-order valence-electron chi connectivity index (χ3n) is 3.49. The van der Waals surface area contributed by atoms with Crippen LogP contribution in [0.4, 0.5) is 13.2 Å². The number of amides is 2. The van der Waals surface area contributed by atoms with Crippen molar-refractivity contribution >= 4 is 23.6 Å². The first-order chi connectivity index (χ1) is 11.8. The number of pyridine rings is 1. The number of carbonyl (C=O) groups excluding carboxylic acids is 2. The number of aromatic nitrogens is 1. The van der Waals surface area contributed by atoms with Crippen LogP contribution in [0.15, 0.2) is 23.4 Å². The van der Waals surface area contributed by atoms with E-state index in [4.69, 9.17) is 4.74 Å². The van der Waals surface area contributed by atoms with Crippen molar-refractivity contribution in [2.24, 2.45) is 0 Å². The zero-order chi connectivity index (χ0) is 18.4. The maximum absolute atomic E-state index is 12.5. The maximum Gasteiger partial charge on any atom is 0.417 e. The molecule has 138 valence electrons. The summed E-state index contributed by atoms with van der Waals surface area (Å²) in [5.41, 5.74) is -0.842. The van der Waals surface area contributed by atoms with Gasteiger partial charge in [-0.05, 0) is 19.1 Å². The van der Waals surface area contributed by atoms with Gasteiger partial charge in [0.15, 0.2) is 0 Å². The lowest BCUT2D eigenvalue weighted by atomic mass is 10.2. The predicted octanol–water partition coefficient (Wildman–Crippen LogP) is 1.56. The summed E-state index contributed by atoms with van der Waals surface area (Å²) >= 11 is 1.00. The molecule has 0 spiro atoms. The molecular weight excluding hydrogens is 359 g/mol. The lowest BCUT2D eigenvalue weighted by Gasteiger charge is -2.29. The van der Waals surface area contributed by atoms with Crippen LogP contribution >= 0.6 is 11.8 Å². The van der Waals surface area contributed by atoms with Gasteiger partial charge >= 0.3 is 6.18 Å². The number of hydrogen-bond acceptors (Lipinski definition) is 5. The van der Waals surface area contributed by atoms with E-state index in [0.29, 0.717) is 31.3 Å². The molecule has 1 fully saturated rings. The molecule has 1 aromatic heterocycles. The summed E-state index contributed by atoms with van der Waals surface area (Å²) in [6.07, 6.45) is -3.71. The second-order valence-corrected chi connectivity index (χ2v) is 6.39. The number of hydrogen-bond donors (Lipinski definition) is 1. The molecule has 25 heavy (non-hydrogen) atoms. The fourth-order valence-corrected chi connectivity index (χ4v) is 2.83. The number of rotatable bonds is 5. The van der Waals surface area contributed by atoms with Crippen LogP contribution in [0.3, 0.4) is 0 Å². The second-order valence-electron chi connectivity index (χ2n) is 5.40. The lowest BCUT2D eigenvalue weighted by molar-refractivity contribution is -0.139. The van der Waals surface area contributed by atoms with Gasteiger partial charge < -0.3 is 15.0 Å². The smallest absolute Gasteiger partial charge is 0.378 e. The molecule has 1 atom stereocenters. The Labute approximate surface area is 147 Å². The molecule has 0 bridgehead atoms. The van der Waals surface area contributed by atoms with E-state index >= 15 is 0 Å².